The van der Waals surface area contributed by atoms with E-state index in [1.165, 1.54) is 9.47 Å². The zero-order chi connectivity index (χ0) is 104. The molecule has 0 saturated carbocycles. The number of aliphatic hydroxyl groups excluding tert-OH is 1. The van der Waals surface area contributed by atoms with Crippen LogP contribution in [0, 0.1) is 0 Å². The van der Waals surface area contributed by atoms with Gasteiger partial charge in [-0.25, -0.2) is 0 Å². The number of carbonyl (C=O) groups excluding carboxylic acids is 2. The molecule has 0 rings (SSSR count). The van der Waals surface area contributed by atoms with Gasteiger partial charge < -0.3 is 20.1 Å². The van der Waals surface area contributed by atoms with Crippen molar-refractivity contribution in [3.63, 3.8) is 0 Å². The maximum Gasteiger partial charge on any atom is 0.462 e. The van der Waals surface area contributed by atoms with Gasteiger partial charge in [0.2, 0.25) is 0 Å². The van der Waals surface area contributed by atoms with Crippen molar-refractivity contribution in [2.45, 2.75) is 206 Å². The second-order valence-electron chi connectivity index (χ2n) is 22.1. The first-order chi connectivity index (χ1) is 54.6. The fraction of sp³-hybridized carbons (Fsp3) is 0.952. The van der Waals surface area contributed by atoms with Gasteiger partial charge in [0.15, 0.2) is 0 Å². The molecule has 0 fully saturated rings. The van der Waals surface area contributed by atoms with Crippen LogP contribution in [0.15, 0.2) is 0 Å². The molecule has 0 aromatic carbocycles. The molecule has 0 aromatic rings. The molecule has 0 bridgehead atoms. The van der Waals surface area contributed by atoms with Crippen LogP contribution < -0.4 is 5.32 Å². The highest BCUT2D eigenvalue weighted by Crippen LogP contribution is 2.67. The molecule has 766 valence electrons. The van der Waals surface area contributed by atoms with Crippen molar-refractivity contribution in [1.29, 1.82) is 0 Å². The topological polar surface area (TPSA) is 171 Å². The van der Waals surface area contributed by atoms with Crippen molar-refractivity contribution in [2.75, 3.05) is 39.5 Å². The van der Waals surface area contributed by atoms with E-state index in [-0.39, 0.29) is 5.32 Å². The van der Waals surface area contributed by atoms with Gasteiger partial charge in [-0.1, -0.05) is 0 Å². The third-order valence-electron chi connectivity index (χ3n) is 13.0. The Bertz CT molecular complexity index is 3750. The van der Waals surface area contributed by atoms with Crippen LogP contribution in [-0.2, 0) is 61.7 Å². The van der Waals surface area contributed by atoms with E-state index in [0.29, 0.717) is 28.4 Å². The minimum Gasteiger partial charge on any atom is -0.395 e. The maximum absolute atomic E-state index is 15.6. The predicted octanol–water partition coefficient (Wildman–Crippen LogP) is 19.7. The molecule has 2 amide bonds. The summed E-state index contributed by atoms with van der Waals surface area (Å²) in [6, 6.07) is 0. The second kappa shape index (κ2) is 34.2. The summed E-state index contributed by atoms with van der Waals surface area (Å²) < 4.78 is 989. The first-order valence-corrected chi connectivity index (χ1v) is 27.6. The van der Waals surface area contributed by atoms with Gasteiger partial charge in [-0.15, -0.1) is 0 Å². The Labute approximate surface area is 642 Å². The fourth-order valence-corrected chi connectivity index (χ4v) is 6.73. The van der Waals surface area contributed by atoms with Crippen molar-refractivity contribution in [2.24, 2.45) is 0 Å². The molecule has 0 aliphatic heterocycles. The number of hydrogen-bond acceptors (Lipinski definition) is 14. The van der Waals surface area contributed by atoms with Gasteiger partial charge >= 0.3 is 206 Å². The van der Waals surface area contributed by atoms with Crippen LogP contribution in [0.3, 0.4) is 0 Å². The van der Waals surface area contributed by atoms with Crippen LogP contribution in [0.1, 0.15) is 0 Å². The van der Waals surface area contributed by atoms with Crippen molar-refractivity contribution >= 4 is 11.8 Å². The smallest absolute Gasteiger partial charge is 0.395 e. The number of alkyl halides is 70. The number of aliphatic hydroxyl groups is 1. The summed E-state index contributed by atoms with van der Waals surface area (Å²) >= 11 is 0. The van der Waals surface area contributed by atoms with E-state index < -0.39 is 262 Å². The van der Waals surface area contributed by atoms with Crippen LogP contribution in [0.2, 0.25) is 0 Å². The standard InChI is InChI=1S/C42H14F70N2O14/c43-9(21(57,58)59,119-35(97,98)13(49,25(69,70)71)123-39(105,106)17(53,29(81,82)83)127-41(109,110)19(55,31(87,88)89)125-37(101,102)15(51,27(75,76)77)121-33(93,94)11(45,46)23(63,64)65)7(116)113-1-5-118-6-3-114(2-4-115)8(117)10(44,22(60,61)62)120-36(99,100)14(50,26(72,73)74)124-40(107,108)18(54,30(84,85)86)128-42(111,112)20(56,32(90,91)92)126-38(103,104)16(52,28(78,79)80)122-34(95,96)12(47,48)24(66,67)68/h115H,1-6H2,(H,113,116). The molecule has 0 radical (unpaired) electrons. The lowest BCUT2D eigenvalue weighted by molar-refractivity contribution is -0.600. The normalized spacial score (nSPS) is 20.3. The summed E-state index contributed by atoms with van der Waals surface area (Å²) in [4.78, 5) is 22.9. The Morgan fingerprint density at radius 1 is 0.211 bits per heavy atom. The minimum absolute atomic E-state index is 0.228. The maximum atomic E-state index is 15.6. The van der Waals surface area contributed by atoms with Crippen molar-refractivity contribution < 1.29 is 374 Å². The number of hydrogen-bond donors (Lipinski definition) is 2. The van der Waals surface area contributed by atoms with E-state index in [4.69, 9.17) is 5.11 Å². The van der Waals surface area contributed by atoms with Crippen LogP contribution in [0.25, 0.3) is 0 Å². The highest BCUT2D eigenvalue weighted by atomic mass is 19.5. The van der Waals surface area contributed by atoms with Crippen LogP contribution >= 0.6 is 0 Å². The molecule has 0 heterocycles. The van der Waals surface area contributed by atoms with Gasteiger partial charge in [-0.05, 0) is 0 Å². The Morgan fingerprint density at radius 2 is 0.383 bits per heavy atom. The van der Waals surface area contributed by atoms with E-state index >= 15 is 35.1 Å². The lowest BCUT2D eigenvalue weighted by atomic mass is 10.2. The lowest BCUT2D eigenvalue weighted by Gasteiger charge is -2.44. The summed E-state index contributed by atoms with van der Waals surface area (Å²) in [5.74, 6) is -122. The molecule has 128 heavy (non-hydrogen) atoms. The molecule has 16 nitrogen and oxygen atoms in total. The summed E-state index contributed by atoms with van der Waals surface area (Å²) in [5.41, 5.74) is 0. The number of halogens is 70. The highest BCUT2D eigenvalue weighted by molar-refractivity contribution is 5.85. The molecule has 10 atom stereocenters. The van der Waals surface area contributed by atoms with E-state index in [0.717, 1.165) is 9.47 Å². The van der Waals surface area contributed by atoms with Gasteiger partial charge in [0.25, 0.3) is 11.8 Å². The summed E-state index contributed by atoms with van der Waals surface area (Å²) in [5, 5.41) is 8.77. The van der Waals surface area contributed by atoms with E-state index in [9.17, 15) is 282 Å². The Balaban J connectivity index is 7.92. The van der Waals surface area contributed by atoms with Crippen molar-refractivity contribution in [1.82, 2.24) is 10.2 Å². The first-order valence-electron chi connectivity index (χ1n) is 27.6. The zero-order valence-corrected chi connectivity index (χ0v) is 55.4. The van der Waals surface area contributed by atoms with Crippen molar-refractivity contribution in [3.8, 4) is 0 Å². The largest absolute Gasteiger partial charge is 0.462 e. The molecule has 10 unspecified atom stereocenters. The van der Waals surface area contributed by atoms with Crippen molar-refractivity contribution in [3.05, 3.63) is 0 Å². The molecule has 86 heteroatoms. The highest BCUT2D eigenvalue weighted by Gasteiger charge is 2.95. The third-order valence-corrected chi connectivity index (χ3v) is 13.0. The molecular formula is C42H14F70N2O14. The van der Waals surface area contributed by atoms with Gasteiger partial charge in [-0.3, -0.25) is 57.0 Å². The molecule has 0 spiro atoms. The van der Waals surface area contributed by atoms with E-state index in [1.807, 2.05) is 0 Å². The summed E-state index contributed by atoms with van der Waals surface area (Å²) in [6.07, 6.45) is -205. The third kappa shape index (κ3) is 21.5. The Morgan fingerprint density at radius 3 is 0.547 bits per heavy atom. The molecule has 0 aliphatic rings. The number of carbonyl (C=O) groups is 2. The SMILES string of the molecule is O=C(NCCOCCN(CCO)C(=O)C(F)(OC(F)(F)C(F)(OC(F)(F)C(F)(OC(F)(F)C(F)(OC(F)(F)C(F)(OC(F)(F)C(F)(F)C(F)(F)F)C(F)(F)F)C(F)(F)F)C(F)(F)F)C(F)(F)F)C(F)(F)F)C(F)(OC(F)(F)C(F)(OC(F)(F)C(F)(OC(F)(F)C(F)(OC(F)(F)C(F)(OC(F)(F)C(F)(F)C(F)(F)F)C(F)(F)F)C(F)(F)F)C(F)(F)F)C(F)(F)F)C(F)(F)F. The quantitative estimate of drug-likeness (QED) is 0.0439. The van der Waals surface area contributed by atoms with Crippen LogP contribution in [0.4, 0.5) is 307 Å². The average Bonchev–Trinajstić information content (AvgIpc) is 0.708. The second-order valence-corrected chi connectivity index (χ2v) is 22.1. The Kier molecular flexibility index (Phi) is 32.5. The van der Waals surface area contributed by atoms with Crippen LogP contribution in [0.5, 0.6) is 0 Å². The summed E-state index contributed by atoms with van der Waals surface area (Å²) in [6.45, 7) is -15.9. The Hall–Kier alpha value is -6.44. The molecule has 0 saturated heterocycles. The average molecular weight is 2100 g/mol. The number of nitrogens with one attached hydrogen (secondary N) is 1. The number of nitrogens with zero attached hydrogens (tertiary/aromatic N) is 1. The molecule has 2 N–H and O–H groups in total. The van der Waals surface area contributed by atoms with E-state index in [1.54, 1.807) is 0 Å². The monoisotopic (exact) mass is 2100 g/mol. The molecular weight excluding hydrogens is 2090 g/mol. The summed E-state index contributed by atoms with van der Waals surface area (Å²) in [7, 11) is 0. The number of rotatable bonds is 40. The number of amides is 2. The first kappa shape index (κ1) is 122. The number of ether oxygens (including phenoxy) is 11. The van der Waals surface area contributed by atoms with Gasteiger partial charge in [0.1, 0.15) is 0 Å². The van der Waals surface area contributed by atoms with E-state index in [2.05, 4.69) is 4.74 Å². The zero-order valence-electron chi connectivity index (χ0n) is 55.4. The van der Waals surface area contributed by atoms with Gasteiger partial charge in [-0.2, -0.15) is 307 Å². The van der Waals surface area contributed by atoms with Gasteiger partial charge in [0.05, 0.1) is 19.8 Å². The lowest BCUT2D eigenvalue weighted by Crippen LogP contribution is -2.73. The predicted molar refractivity (Wildman–Crippen MR) is 229 cm³/mol. The van der Waals surface area contributed by atoms with Crippen LogP contribution in [-0.4, -0.2) is 267 Å². The minimum atomic E-state index is -10.0. The van der Waals surface area contributed by atoms with Gasteiger partial charge in [0, 0.05) is 19.6 Å². The molecule has 0 aromatic heterocycles. The fourth-order valence-electron chi connectivity index (χ4n) is 6.73. The molecule has 0 aliphatic carbocycles.